The van der Waals surface area contributed by atoms with Crippen LogP contribution < -0.4 is 10.6 Å². The minimum Gasteiger partial charge on any atom is -0.382 e. The summed E-state index contributed by atoms with van der Waals surface area (Å²) in [4.78, 5) is 14.3. The number of nitrogens with zero attached hydrogens (tertiary/aromatic N) is 1. The third-order valence-corrected chi connectivity index (χ3v) is 5.18. The van der Waals surface area contributed by atoms with Crippen molar-refractivity contribution in [3.8, 4) is 0 Å². The van der Waals surface area contributed by atoms with Gasteiger partial charge in [-0.2, -0.15) is 0 Å². The maximum absolute atomic E-state index is 11.8. The van der Waals surface area contributed by atoms with Crippen LogP contribution in [0.5, 0.6) is 0 Å². The first kappa shape index (κ1) is 14.4. The van der Waals surface area contributed by atoms with Crippen molar-refractivity contribution in [1.29, 1.82) is 0 Å². The highest BCUT2D eigenvalue weighted by atomic mass is 16.1. The lowest BCUT2D eigenvalue weighted by atomic mass is 9.97. The van der Waals surface area contributed by atoms with Gasteiger partial charge < -0.3 is 15.5 Å². The Morgan fingerprint density at radius 3 is 2.52 bits per heavy atom. The Balaban J connectivity index is 1.74. The van der Waals surface area contributed by atoms with Gasteiger partial charge in [-0.25, -0.2) is 0 Å². The first-order chi connectivity index (χ1) is 10.1. The van der Waals surface area contributed by atoms with E-state index in [0.29, 0.717) is 6.04 Å². The summed E-state index contributed by atoms with van der Waals surface area (Å²) in [6, 6.07) is 7.87. The summed E-state index contributed by atoms with van der Waals surface area (Å²) in [5.41, 5.74) is 3.03. The second-order valence-electron chi connectivity index (χ2n) is 6.47. The van der Waals surface area contributed by atoms with Gasteiger partial charge in [0.15, 0.2) is 0 Å². The Morgan fingerprint density at radius 1 is 1.24 bits per heavy atom. The van der Waals surface area contributed by atoms with Gasteiger partial charge in [-0.1, -0.05) is 6.07 Å². The van der Waals surface area contributed by atoms with Crippen LogP contribution in [-0.2, 0) is 0 Å². The molecule has 0 saturated carbocycles. The van der Waals surface area contributed by atoms with Crippen molar-refractivity contribution in [1.82, 2.24) is 10.2 Å². The lowest BCUT2D eigenvalue weighted by molar-refractivity contribution is 0.0963. The summed E-state index contributed by atoms with van der Waals surface area (Å²) in [5, 5.41) is 6.37. The molecule has 2 saturated heterocycles. The molecule has 1 aromatic carbocycles. The zero-order valence-electron chi connectivity index (χ0n) is 13.1. The van der Waals surface area contributed by atoms with E-state index in [1.807, 2.05) is 18.2 Å². The quantitative estimate of drug-likeness (QED) is 0.897. The summed E-state index contributed by atoms with van der Waals surface area (Å²) in [5.74, 6) is -0.0264. The molecule has 114 valence electrons. The lowest BCUT2D eigenvalue weighted by Crippen LogP contribution is -2.44. The van der Waals surface area contributed by atoms with Crippen LogP contribution in [0.2, 0.25) is 0 Å². The molecule has 0 radical (unpaired) electrons. The molecule has 0 spiro atoms. The highest BCUT2D eigenvalue weighted by molar-refractivity contribution is 5.95. The molecule has 3 rings (SSSR count). The number of rotatable bonds is 3. The highest BCUT2D eigenvalue weighted by Gasteiger charge is 2.38. The third-order valence-electron chi connectivity index (χ3n) is 5.18. The molecule has 0 aliphatic carbocycles. The maximum Gasteiger partial charge on any atom is 0.251 e. The molecular formula is C17H25N3O. The van der Waals surface area contributed by atoms with E-state index >= 15 is 0 Å². The number of nitrogens with one attached hydrogen (secondary N) is 2. The molecular weight excluding hydrogens is 262 g/mol. The average Bonchev–Trinajstić information content (AvgIpc) is 2.71. The largest absolute Gasteiger partial charge is 0.382 e. The van der Waals surface area contributed by atoms with Crippen LogP contribution in [0.1, 0.15) is 41.6 Å². The zero-order valence-corrected chi connectivity index (χ0v) is 13.1. The van der Waals surface area contributed by atoms with E-state index in [9.17, 15) is 4.79 Å². The summed E-state index contributed by atoms with van der Waals surface area (Å²) >= 11 is 0. The summed E-state index contributed by atoms with van der Waals surface area (Å²) in [6.45, 7) is 2.10. The number of carbonyl (C=O) groups is 1. The summed E-state index contributed by atoms with van der Waals surface area (Å²) < 4.78 is 0. The van der Waals surface area contributed by atoms with Gasteiger partial charge in [-0.3, -0.25) is 4.79 Å². The van der Waals surface area contributed by atoms with Crippen LogP contribution in [0.3, 0.4) is 0 Å². The molecule has 21 heavy (non-hydrogen) atoms. The molecule has 0 aromatic heterocycles. The predicted molar refractivity (Wildman–Crippen MR) is 85.8 cm³/mol. The first-order valence-corrected chi connectivity index (χ1v) is 7.89. The van der Waals surface area contributed by atoms with E-state index in [1.54, 1.807) is 7.05 Å². The van der Waals surface area contributed by atoms with Crippen LogP contribution >= 0.6 is 0 Å². The molecule has 2 aliphatic heterocycles. The van der Waals surface area contributed by atoms with E-state index in [2.05, 4.69) is 29.5 Å². The normalized spacial score (nSPS) is 28.4. The van der Waals surface area contributed by atoms with E-state index in [4.69, 9.17) is 0 Å². The number of hydrogen-bond acceptors (Lipinski definition) is 3. The number of benzene rings is 1. The van der Waals surface area contributed by atoms with Crippen molar-refractivity contribution >= 4 is 11.6 Å². The van der Waals surface area contributed by atoms with Crippen LogP contribution in [-0.4, -0.2) is 43.0 Å². The molecule has 2 heterocycles. The zero-order chi connectivity index (χ0) is 15.0. The van der Waals surface area contributed by atoms with Gasteiger partial charge in [0.1, 0.15) is 0 Å². The van der Waals surface area contributed by atoms with Crippen molar-refractivity contribution in [2.75, 3.05) is 19.4 Å². The van der Waals surface area contributed by atoms with Crippen LogP contribution in [0, 0.1) is 6.92 Å². The molecule has 4 nitrogen and oxygen atoms in total. The van der Waals surface area contributed by atoms with Gasteiger partial charge in [-0.15, -0.1) is 0 Å². The Kier molecular flexibility index (Phi) is 3.89. The number of amides is 1. The minimum atomic E-state index is -0.0264. The predicted octanol–water partition coefficient (Wildman–Crippen LogP) is 2.39. The van der Waals surface area contributed by atoms with Gasteiger partial charge in [0.2, 0.25) is 0 Å². The molecule has 2 aliphatic rings. The Morgan fingerprint density at radius 2 is 1.90 bits per heavy atom. The molecule has 2 atom stereocenters. The van der Waals surface area contributed by atoms with E-state index in [-0.39, 0.29) is 5.91 Å². The fraction of sp³-hybridized carbons (Fsp3) is 0.588. The Labute approximate surface area is 126 Å². The van der Waals surface area contributed by atoms with Gasteiger partial charge in [0.25, 0.3) is 5.91 Å². The molecule has 2 bridgehead atoms. The third kappa shape index (κ3) is 2.77. The first-order valence-electron chi connectivity index (χ1n) is 7.89. The SMILES string of the molecule is CNC(=O)c1ccc(C)c(NC2CC3CCC(C2)N3C)c1. The summed E-state index contributed by atoms with van der Waals surface area (Å²) in [7, 11) is 3.93. The number of anilines is 1. The van der Waals surface area contributed by atoms with Crippen molar-refractivity contribution in [2.45, 2.75) is 50.7 Å². The molecule has 1 aromatic rings. The second-order valence-corrected chi connectivity index (χ2v) is 6.47. The topological polar surface area (TPSA) is 44.4 Å². The smallest absolute Gasteiger partial charge is 0.251 e. The van der Waals surface area contributed by atoms with E-state index < -0.39 is 0 Å². The van der Waals surface area contributed by atoms with E-state index in [1.165, 1.54) is 31.2 Å². The second kappa shape index (κ2) is 5.68. The highest BCUT2D eigenvalue weighted by Crippen LogP contribution is 2.35. The van der Waals surface area contributed by atoms with Gasteiger partial charge in [-0.05, 0) is 57.4 Å². The number of carbonyl (C=O) groups excluding carboxylic acids is 1. The fourth-order valence-corrected chi connectivity index (χ4v) is 3.81. The Bertz CT molecular complexity index is 529. The number of aryl methyl sites for hydroxylation is 1. The van der Waals surface area contributed by atoms with Gasteiger partial charge in [0, 0.05) is 36.4 Å². The van der Waals surface area contributed by atoms with E-state index in [0.717, 1.165) is 23.3 Å². The standard InChI is InChI=1S/C17H25N3O/c1-11-4-5-12(17(21)18-2)8-16(11)19-13-9-14-6-7-15(10-13)20(14)3/h4-5,8,13-15,19H,6-7,9-10H2,1-3H3,(H,18,21). The lowest BCUT2D eigenvalue weighted by Gasteiger charge is -2.37. The number of fused-ring (bicyclic) bond motifs is 2. The van der Waals surface area contributed by atoms with Crippen LogP contribution in [0.4, 0.5) is 5.69 Å². The Hall–Kier alpha value is -1.55. The molecule has 2 fully saturated rings. The summed E-state index contributed by atoms with van der Waals surface area (Å²) in [6.07, 6.45) is 5.07. The molecule has 2 N–H and O–H groups in total. The van der Waals surface area contributed by atoms with Crippen molar-refractivity contribution in [3.63, 3.8) is 0 Å². The maximum atomic E-state index is 11.8. The number of hydrogen-bond donors (Lipinski definition) is 2. The molecule has 1 amide bonds. The molecule has 4 heteroatoms. The van der Waals surface area contributed by atoms with Crippen molar-refractivity contribution in [2.24, 2.45) is 0 Å². The number of piperidine rings is 1. The van der Waals surface area contributed by atoms with Gasteiger partial charge in [0.05, 0.1) is 0 Å². The van der Waals surface area contributed by atoms with Crippen LogP contribution in [0.15, 0.2) is 18.2 Å². The molecule has 2 unspecified atom stereocenters. The van der Waals surface area contributed by atoms with Crippen molar-refractivity contribution in [3.05, 3.63) is 29.3 Å². The van der Waals surface area contributed by atoms with Crippen molar-refractivity contribution < 1.29 is 4.79 Å². The fourth-order valence-electron chi connectivity index (χ4n) is 3.81. The van der Waals surface area contributed by atoms with Gasteiger partial charge >= 0.3 is 0 Å². The minimum absolute atomic E-state index is 0.0264. The van der Waals surface area contributed by atoms with Crippen LogP contribution in [0.25, 0.3) is 0 Å². The monoisotopic (exact) mass is 287 g/mol. The average molecular weight is 287 g/mol.